The molecule has 3 fully saturated rings. The predicted molar refractivity (Wildman–Crippen MR) is 85.4 cm³/mol. The molecule has 0 aromatic heterocycles. The Morgan fingerprint density at radius 3 is 2.48 bits per heavy atom. The molecule has 3 aliphatic rings. The number of hydrogen-bond donors (Lipinski definition) is 1. The van der Waals surface area contributed by atoms with E-state index in [-0.39, 0.29) is 30.8 Å². The largest absolute Gasteiger partial charge is 0.457 e. The van der Waals surface area contributed by atoms with Gasteiger partial charge in [-0.15, -0.1) is 24.8 Å². The van der Waals surface area contributed by atoms with E-state index >= 15 is 0 Å². The van der Waals surface area contributed by atoms with Crippen molar-refractivity contribution >= 4 is 30.8 Å². The average Bonchev–Trinajstić information content (AvgIpc) is 2.60. The highest BCUT2D eigenvalue weighted by Crippen LogP contribution is 2.39. The number of carbonyl (C=O) groups excluding carboxylic acids is 1. The smallest absolute Gasteiger partial charge is 0.340 e. The van der Waals surface area contributed by atoms with Crippen molar-refractivity contribution in [1.29, 1.82) is 0 Å². The van der Waals surface area contributed by atoms with Crippen LogP contribution < -0.4 is 5.32 Å². The Hall–Kier alpha value is -0.0700. The number of cyclic esters (lactones) is 1. The highest BCUT2D eigenvalue weighted by Gasteiger charge is 2.56. The zero-order valence-electron chi connectivity index (χ0n) is 12.7. The number of piperidine rings is 1. The molecule has 3 aliphatic heterocycles. The topological polar surface area (TPSA) is 50.8 Å². The third-order valence-corrected chi connectivity index (χ3v) is 4.49. The van der Waals surface area contributed by atoms with Crippen LogP contribution in [0.4, 0.5) is 0 Å². The van der Waals surface area contributed by atoms with Gasteiger partial charge in [0.2, 0.25) is 0 Å². The van der Waals surface area contributed by atoms with Crippen LogP contribution in [0.5, 0.6) is 0 Å². The van der Waals surface area contributed by atoms with E-state index in [0.29, 0.717) is 25.6 Å². The average molecular weight is 341 g/mol. The molecule has 0 aromatic rings. The standard InChI is InChI=1S/C14H24N2O3.2ClH/c1-13(2)9-14(12(17)19-13)10-16(7-8-18-14)11-3-5-15-6-4-11;;/h11,15H,3-10H2,1-2H3;2*1H. The van der Waals surface area contributed by atoms with Gasteiger partial charge in [-0.2, -0.15) is 0 Å². The normalized spacial score (nSPS) is 33.1. The van der Waals surface area contributed by atoms with Crippen LogP contribution in [0.25, 0.3) is 0 Å². The Labute approximate surface area is 138 Å². The molecule has 1 atom stereocenters. The minimum atomic E-state index is -0.716. The summed E-state index contributed by atoms with van der Waals surface area (Å²) in [6, 6.07) is 0.582. The summed E-state index contributed by atoms with van der Waals surface area (Å²) in [5, 5.41) is 3.39. The number of morpholine rings is 1. The van der Waals surface area contributed by atoms with Crippen LogP contribution in [0, 0.1) is 0 Å². The van der Waals surface area contributed by atoms with Gasteiger partial charge < -0.3 is 14.8 Å². The van der Waals surface area contributed by atoms with Crippen molar-refractivity contribution in [3.63, 3.8) is 0 Å². The first-order valence-electron chi connectivity index (χ1n) is 7.33. The van der Waals surface area contributed by atoms with Gasteiger partial charge in [-0.05, 0) is 39.8 Å². The van der Waals surface area contributed by atoms with Gasteiger partial charge in [0.1, 0.15) is 5.60 Å². The fourth-order valence-corrected chi connectivity index (χ4v) is 3.66. The van der Waals surface area contributed by atoms with Crippen molar-refractivity contribution in [2.75, 3.05) is 32.8 Å². The minimum Gasteiger partial charge on any atom is -0.457 e. The molecule has 5 nitrogen and oxygen atoms in total. The summed E-state index contributed by atoms with van der Waals surface area (Å²) in [5.74, 6) is -0.170. The van der Waals surface area contributed by atoms with Crippen molar-refractivity contribution in [2.24, 2.45) is 0 Å². The van der Waals surface area contributed by atoms with Crippen molar-refractivity contribution in [2.45, 2.75) is 50.4 Å². The van der Waals surface area contributed by atoms with Gasteiger partial charge in [0.25, 0.3) is 0 Å². The Morgan fingerprint density at radius 1 is 1.24 bits per heavy atom. The number of nitrogens with one attached hydrogen (secondary N) is 1. The lowest BCUT2D eigenvalue weighted by Crippen LogP contribution is -2.58. The van der Waals surface area contributed by atoms with Crippen molar-refractivity contribution < 1.29 is 14.3 Å². The third kappa shape index (κ3) is 3.82. The second kappa shape index (κ2) is 7.01. The van der Waals surface area contributed by atoms with E-state index in [4.69, 9.17) is 9.47 Å². The molecular formula is C14H26Cl2N2O3. The van der Waals surface area contributed by atoms with Gasteiger partial charge in [0.15, 0.2) is 5.60 Å². The summed E-state index contributed by atoms with van der Waals surface area (Å²) in [5.41, 5.74) is -1.11. The molecule has 1 N–H and O–H groups in total. The lowest BCUT2D eigenvalue weighted by molar-refractivity contribution is -0.172. The second-order valence-corrected chi connectivity index (χ2v) is 6.62. The van der Waals surface area contributed by atoms with E-state index in [2.05, 4.69) is 10.2 Å². The van der Waals surface area contributed by atoms with Crippen LogP contribution in [0.15, 0.2) is 0 Å². The first-order valence-corrected chi connectivity index (χ1v) is 7.33. The molecular weight excluding hydrogens is 315 g/mol. The fraction of sp³-hybridized carbons (Fsp3) is 0.929. The third-order valence-electron chi connectivity index (χ3n) is 4.49. The van der Waals surface area contributed by atoms with E-state index in [9.17, 15) is 4.79 Å². The summed E-state index contributed by atoms with van der Waals surface area (Å²) in [4.78, 5) is 14.6. The van der Waals surface area contributed by atoms with E-state index in [1.54, 1.807) is 0 Å². The Morgan fingerprint density at radius 2 is 1.90 bits per heavy atom. The number of hydrogen-bond acceptors (Lipinski definition) is 5. The summed E-state index contributed by atoms with van der Waals surface area (Å²) >= 11 is 0. The Balaban J connectivity index is 0.00000110. The number of esters is 1. The molecule has 3 rings (SSSR count). The first-order chi connectivity index (χ1) is 9.01. The molecule has 7 heteroatoms. The zero-order chi connectivity index (χ0) is 13.5. The maximum absolute atomic E-state index is 12.2. The molecule has 0 radical (unpaired) electrons. The predicted octanol–water partition coefficient (Wildman–Crippen LogP) is 1.38. The SMILES string of the molecule is CC1(C)CC2(CN(C3CCNCC3)CCO2)C(=O)O1.Cl.Cl. The van der Waals surface area contributed by atoms with E-state index in [0.717, 1.165) is 32.5 Å². The molecule has 1 spiro atoms. The summed E-state index contributed by atoms with van der Waals surface area (Å²) in [6.07, 6.45) is 2.99. The van der Waals surface area contributed by atoms with E-state index < -0.39 is 11.2 Å². The number of carbonyl (C=O) groups is 1. The van der Waals surface area contributed by atoms with Crippen LogP contribution in [-0.4, -0.2) is 60.9 Å². The van der Waals surface area contributed by atoms with Crippen LogP contribution in [0.2, 0.25) is 0 Å². The molecule has 0 amide bonds. The van der Waals surface area contributed by atoms with Crippen LogP contribution in [0.3, 0.4) is 0 Å². The number of rotatable bonds is 1. The van der Waals surface area contributed by atoms with Gasteiger partial charge in [0.05, 0.1) is 6.61 Å². The zero-order valence-corrected chi connectivity index (χ0v) is 14.4. The maximum atomic E-state index is 12.2. The summed E-state index contributed by atoms with van der Waals surface area (Å²) in [7, 11) is 0. The van der Waals surface area contributed by atoms with Crippen molar-refractivity contribution in [1.82, 2.24) is 10.2 Å². The summed E-state index contributed by atoms with van der Waals surface area (Å²) in [6.45, 7) is 8.34. The van der Waals surface area contributed by atoms with Gasteiger partial charge in [-0.3, -0.25) is 4.90 Å². The number of halogens is 2. The number of ether oxygens (including phenoxy) is 2. The lowest BCUT2D eigenvalue weighted by atomic mass is 9.90. The monoisotopic (exact) mass is 340 g/mol. The van der Waals surface area contributed by atoms with Crippen LogP contribution >= 0.6 is 24.8 Å². The van der Waals surface area contributed by atoms with Crippen molar-refractivity contribution in [3.05, 3.63) is 0 Å². The van der Waals surface area contributed by atoms with E-state index in [1.165, 1.54) is 0 Å². The molecule has 0 bridgehead atoms. The quantitative estimate of drug-likeness (QED) is 0.731. The minimum absolute atomic E-state index is 0. The van der Waals surface area contributed by atoms with Gasteiger partial charge in [-0.25, -0.2) is 4.79 Å². The van der Waals surface area contributed by atoms with Crippen LogP contribution in [0.1, 0.15) is 33.1 Å². The lowest BCUT2D eigenvalue weighted by Gasteiger charge is -2.43. The molecule has 0 aliphatic carbocycles. The Kier molecular flexibility index (Phi) is 6.33. The molecule has 3 saturated heterocycles. The van der Waals surface area contributed by atoms with E-state index in [1.807, 2.05) is 13.8 Å². The molecule has 124 valence electrons. The highest BCUT2D eigenvalue weighted by molar-refractivity contribution is 5.85. The summed E-state index contributed by atoms with van der Waals surface area (Å²) < 4.78 is 11.3. The molecule has 3 heterocycles. The molecule has 1 unspecified atom stereocenters. The molecule has 21 heavy (non-hydrogen) atoms. The molecule has 0 aromatic carbocycles. The highest BCUT2D eigenvalue weighted by atomic mass is 35.5. The maximum Gasteiger partial charge on any atom is 0.340 e. The number of nitrogens with zero attached hydrogens (tertiary/aromatic N) is 1. The van der Waals surface area contributed by atoms with Gasteiger partial charge in [0, 0.05) is 25.6 Å². The van der Waals surface area contributed by atoms with Gasteiger partial charge in [-0.1, -0.05) is 0 Å². The Bertz CT molecular complexity index is 375. The first kappa shape index (κ1) is 19.0. The molecule has 0 saturated carbocycles. The fourth-order valence-electron chi connectivity index (χ4n) is 3.66. The van der Waals surface area contributed by atoms with Crippen LogP contribution in [-0.2, 0) is 14.3 Å². The second-order valence-electron chi connectivity index (χ2n) is 6.62. The van der Waals surface area contributed by atoms with Crippen molar-refractivity contribution in [3.8, 4) is 0 Å². The van der Waals surface area contributed by atoms with Gasteiger partial charge >= 0.3 is 5.97 Å².